The van der Waals surface area contributed by atoms with Crippen LogP contribution in [0.5, 0.6) is 5.75 Å². The van der Waals surface area contributed by atoms with Gasteiger partial charge in [0.15, 0.2) is 0 Å². The zero-order chi connectivity index (χ0) is 14.0. The van der Waals surface area contributed by atoms with Crippen LogP contribution in [0.25, 0.3) is 0 Å². The third-order valence-electron chi connectivity index (χ3n) is 2.78. The molecular weight excluding hydrogens is 247 g/mol. The first-order valence-corrected chi connectivity index (χ1v) is 5.61. The summed E-state index contributed by atoms with van der Waals surface area (Å²) in [6.45, 7) is 0. The monoisotopic (exact) mass is 260 g/mol. The van der Waals surface area contributed by atoms with Gasteiger partial charge in [0, 0.05) is 18.3 Å². The van der Waals surface area contributed by atoms with Crippen molar-refractivity contribution < 1.29 is 14.3 Å². The number of hydrogen-bond donors (Lipinski definition) is 2. The molecule has 98 valence electrons. The van der Waals surface area contributed by atoms with Gasteiger partial charge in [0.1, 0.15) is 11.6 Å². The van der Waals surface area contributed by atoms with Crippen molar-refractivity contribution in [2.45, 2.75) is 0 Å². The highest BCUT2D eigenvalue weighted by atomic mass is 19.1. The number of phenolic OH excluding ortho intramolecular Hbond substituents is 1. The lowest BCUT2D eigenvalue weighted by Gasteiger charge is -2.17. The van der Waals surface area contributed by atoms with Gasteiger partial charge in [0.2, 0.25) is 0 Å². The second kappa shape index (κ2) is 4.97. The molecule has 0 heterocycles. The van der Waals surface area contributed by atoms with Crippen molar-refractivity contribution >= 4 is 17.3 Å². The molecule has 5 heteroatoms. The fourth-order valence-electron chi connectivity index (χ4n) is 1.66. The highest BCUT2D eigenvalue weighted by Gasteiger charge is 2.14. The molecule has 0 aromatic heterocycles. The van der Waals surface area contributed by atoms with E-state index in [-0.39, 0.29) is 17.3 Å². The number of hydrogen-bond acceptors (Lipinski definition) is 3. The van der Waals surface area contributed by atoms with E-state index in [1.807, 2.05) is 0 Å². The van der Waals surface area contributed by atoms with Crippen molar-refractivity contribution in [3.8, 4) is 5.75 Å². The predicted molar refractivity (Wildman–Crippen MR) is 71.7 cm³/mol. The van der Waals surface area contributed by atoms with Gasteiger partial charge in [0.25, 0.3) is 5.91 Å². The minimum absolute atomic E-state index is 0.0649. The average Bonchev–Trinajstić information content (AvgIpc) is 2.41. The first-order chi connectivity index (χ1) is 8.99. The van der Waals surface area contributed by atoms with Crippen molar-refractivity contribution in [3.05, 3.63) is 53.8 Å². The Morgan fingerprint density at radius 1 is 1.21 bits per heavy atom. The van der Waals surface area contributed by atoms with Crippen LogP contribution in [0.1, 0.15) is 10.4 Å². The number of phenols is 1. The van der Waals surface area contributed by atoms with Crippen molar-refractivity contribution in [2.24, 2.45) is 0 Å². The highest BCUT2D eigenvalue weighted by Crippen LogP contribution is 2.20. The number of nitrogen functional groups attached to an aromatic ring is 1. The molecule has 2 aromatic carbocycles. The van der Waals surface area contributed by atoms with E-state index in [4.69, 9.17) is 5.73 Å². The zero-order valence-corrected chi connectivity index (χ0v) is 10.3. The van der Waals surface area contributed by atoms with E-state index in [1.165, 1.54) is 29.2 Å². The Bertz CT molecular complexity index is 611. The summed E-state index contributed by atoms with van der Waals surface area (Å²) < 4.78 is 13.1. The lowest BCUT2D eigenvalue weighted by molar-refractivity contribution is 0.0993. The molecule has 0 saturated heterocycles. The zero-order valence-electron chi connectivity index (χ0n) is 10.3. The molecule has 0 fully saturated rings. The Kier molecular flexibility index (Phi) is 3.37. The van der Waals surface area contributed by atoms with Crippen LogP contribution in [0, 0.1) is 5.82 Å². The molecular formula is C14H13FN2O2. The summed E-state index contributed by atoms with van der Waals surface area (Å²) in [5.74, 6) is -0.739. The van der Waals surface area contributed by atoms with Gasteiger partial charge in [-0.3, -0.25) is 4.79 Å². The van der Waals surface area contributed by atoms with Crippen molar-refractivity contribution in [3.63, 3.8) is 0 Å². The number of carbonyl (C=O) groups is 1. The number of nitrogens with two attached hydrogens (primary N) is 1. The number of benzene rings is 2. The minimum atomic E-state index is -0.552. The Morgan fingerprint density at radius 3 is 2.42 bits per heavy atom. The second-order valence-electron chi connectivity index (χ2n) is 4.12. The van der Waals surface area contributed by atoms with E-state index in [0.717, 1.165) is 6.07 Å². The summed E-state index contributed by atoms with van der Waals surface area (Å²) in [4.78, 5) is 13.6. The number of halogens is 1. The maximum atomic E-state index is 13.1. The summed E-state index contributed by atoms with van der Waals surface area (Å²) in [5.41, 5.74) is 6.29. The largest absolute Gasteiger partial charge is 0.508 e. The highest BCUT2D eigenvalue weighted by molar-refractivity contribution is 6.06. The number of amides is 1. The molecule has 0 bridgehead atoms. The van der Waals surface area contributed by atoms with Gasteiger partial charge in [0.05, 0.1) is 5.69 Å². The smallest absolute Gasteiger partial charge is 0.258 e. The Labute approximate surface area is 109 Å². The van der Waals surface area contributed by atoms with E-state index < -0.39 is 5.82 Å². The maximum absolute atomic E-state index is 13.1. The third-order valence-corrected chi connectivity index (χ3v) is 2.78. The Morgan fingerprint density at radius 2 is 1.84 bits per heavy atom. The topological polar surface area (TPSA) is 66.6 Å². The number of nitrogens with zero attached hydrogens (tertiary/aromatic N) is 1. The summed E-state index contributed by atoms with van der Waals surface area (Å²) in [5, 5.41) is 9.20. The lowest BCUT2D eigenvalue weighted by Crippen LogP contribution is -2.26. The van der Waals surface area contributed by atoms with Gasteiger partial charge in [-0.15, -0.1) is 0 Å². The van der Waals surface area contributed by atoms with E-state index in [2.05, 4.69) is 0 Å². The molecule has 2 rings (SSSR count). The molecule has 0 radical (unpaired) electrons. The Balaban J connectivity index is 2.28. The second-order valence-corrected chi connectivity index (χ2v) is 4.12. The third kappa shape index (κ3) is 2.65. The van der Waals surface area contributed by atoms with Crippen molar-refractivity contribution in [2.75, 3.05) is 17.7 Å². The fraction of sp³-hybridized carbons (Fsp3) is 0.0714. The van der Waals surface area contributed by atoms with E-state index in [9.17, 15) is 14.3 Å². The first-order valence-electron chi connectivity index (χ1n) is 5.61. The van der Waals surface area contributed by atoms with Gasteiger partial charge in [-0.25, -0.2) is 4.39 Å². The molecule has 0 spiro atoms. The van der Waals surface area contributed by atoms with Gasteiger partial charge in [-0.1, -0.05) is 0 Å². The van der Waals surface area contributed by atoms with E-state index in [0.29, 0.717) is 11.3 Å². The van der Waals surface area contributed by atoms with Crippen LogP contribution in [-0.4, -0.2) is 18.1 Å². The van der Waals surface area contributed by atoms with Crippen LogP contribution in [0.2, 0.25) is 0 Å². The maximum Gasteiger partial charge on any atom is 0.258 e. The quantitative estimate of drug-likeness (QED) is 0.815. The van der Waals surface area contributed by atoms with Gasteiger partial charge >= 0.3 is 0 Å². The number of rotatable bonds is 2. The summed E-state index contributed by atoms with van der Waals surface area (Å²) in [7, 11) is 1.59. The molecule has 0 saturated carbocycles. The molecule has 0 aliphatic rings. The molecule has 0 aliphatic carbocycles. The SMILES string of the molecule is CN(C(=O)c1ccc(F)c(N)c1)c1ccc(O)cc1. The van der Waals surface area contributed by atoms with Crippen LogP contribution in [-0.2, 0) is 0 Å². The summed E-state index contributed by atoms with van der Waals surface area (Å²) >= 11 is 0. The molecule has 1 amide bonds. The van der Waals surface area contributed by atoms with Crippen LogP contribution in [0.3, 0.4) is 0 Å². The summed E-state index contributed by atoms with van der Waals surface area (Å²) in [6.07, 6.45) is 0. The van der Waals surface area contributed by atoms with Gasteiger partial charge < -0.3 is 15.7 Å². The standard InChI is InChI=1S/C14H13FN2O2/c1-17(10-3-5-11(18)6-4-10)14(19)9-2-7-12(15)13(16)8-9/h2-8,18H,16H2,1H3. The van der Waals surface area contributed by atoms with Crippen LogP contribution < -0.4 is 10.6 Å². The molecule has 3 N–H and O–H groups in total. The van der Waals surface area contributed by atoms with Crippen LogP contribution in [0.15, 0.2) is 42.5 Å². The van der Waals surface area contributed by atoms with Gasteiger partial charge in [-0.05, 0) is 42.5 Å². The minimum Gasteiger partial charge on any atom is -0.508 e. The molecule has 0 aliphatic heterocycles. The first kappa shape index (κ1) is 12.9. The van der Waals surface area contributed by atoms with Gasteiger partial charge in [-0.2, -0.15) is 0 Å². The molecule has 2 aromatic rings. The van der Waals surface area contributed by atoms with Crippen LogP contribution in [0.4, 0.5) is 15.8 Å². The Hall–Kier alpha value is -2.56. The lowest BCUT2D eigenvalue weighted by atomic mass is 10.1. The number of anilines is 2. The average molecular weight is 260 g/mol. The van der Waals surface area contributed by atoms with Crippen molar-refractivity contribution in [1.29, 1.82) is 0 Å². The van der Waals surface area contributed by atoms with Crippen LogP contribution >= 0.6 is 0 Å². The summed E-state index contributed by atoms with van der Waals surface area (Å²) in [6, 6.07) is 10.0. The molecule has 0 unspecified atom stereocenters. The fourth-order valence-corrected chi connectivity index (χ4v) is 1.66. The molecule has 4 nitrogen and oxygen atoms in total. The molecule has 19 heavy (non-hydrogen) atoms. The number of carbonyl (C=O) groups excluding carboxylic acids is 1. The number of aromatic hydroxyl groups is 1. The van der Waals surface area contributed by atoms with E-state index >= 15 is 0 Å². The predicted octanol–water partition coefficient (Wildman–Crippen LogP) is 2.39. The molecule has 0 atom stereocenters. The van der Waals surface area contributed by atoms with Crippen molar-refractivity contribution in [1.82, 2.24) is 0 Å². The normalized spacial score (nSPS) is 10.2. The van der Waals surface area contributed by atoms with E-state index in [1.54, 1.807) is 19.2 Å².